The number of Topliss-reactive ketones (excluding diaryl/α,β-unsaturated/α-hetero) is 1. The summed E-state index contributed by atoms with van der Waals surface area (Å²) in [5, 5.41) is 8.65. The van der Waals surface area contributed by atoms with Crippen LogP contribution in [-0.2, 0) is 23.9 Å². The zero-order valence-corrected chi connectivity index (χ0v) is 11.4. The fourth-order valence-electron chi connectivity index (χ4n) is 0.876. The van der Waals surface area contributed by atoms with Gasteiger partial charge in [0, 0.05) is 1.43 Å². The number of ether oxygens (including phenoxy) is 2. The number of carbonyl (C=O) groups excluding carboxylic acids is 3. The summed E-state index contributed by atoms with van der Waals surface area (Å²) in [4.78, 5) is 31.1. The summed E-state index contributed by atoms with van der Waals surface area (Å²) in [7, 11) is 0. The molecule has 6 nitrogen and oxygen atoms in total. The molecule has 0 saturated heterocycles. The van der Waals surface area contributed by atoms with Crippen LogP contribution in [0.25, 0.3) is 0 Å². The summed E-state index contributed by atoms with van der Waals surface area (Å²) in [5.41, 5.74) is 0. The van der Waals surface area contributed by atoms with Gasteiger partial charge in [0.2, 0.25) is 0 Å². The van der Waals surface area contributed by atoms with E-state index in [0.29, 0.717) is 13.2 Å². The summed E-state index contributed by atoms with van der Waals surface area (Å²) in [6.07, 6.45) is -0.606. The van der Waals surface area contributed by atoms with Crippen LogP contribution in [0.2, 0.25) is 0 Å². The van der Waals surface area contributed by atoms with Crippen molar-refractivity contribution in [3.05, 3.63) is 0 Å². The molecule has 0 aromatic heterocycles. The largest absolute Gasteiger partial charge is 0.466 e. The number of hydrogen-bond acceptors (Lipinski definition) is 6. The second-order valence-corrected chi connectivity index (χ2v) is 3.54. The maximum absolute atomic E-state index is 10.5. The molecule has 1 atom stereocenters. The average molecular weight is 264 g/mol. The second kappa shape index (κ2) is 12.0. The highest BCUT2D eigenvalue weighted by Crippen LogP contribution is 1.91. The van der Waals surface area contributed by atoms with E-state index < -0.39 is 12.1 Å². The van der Waals surface area contributed by atoms with Crippen molar-refractivity contribution in [2.75, 3.05) is 13.2 Å². The van der Waals surface area contributed by atoms with Crippen molar-refractivity contribution in [1.82, 2.24) is 0 Å². The monoisotopic (exact) mass is 264 g/mol. The van der Waals surface area contributed by atoms with Gasteiger partial charge in [-0.25, -0.2) is 0 Å². The normalized spacial score (nSPS) is 10.7. The molecule has 0 aliphatic heterocycles. The molecule has 0 rings (SSSR count). The Balaban J connectivity index is -0.000000256. The Kier molecular flexibility index (Phi) is 12.7. The van der Waals surface area contributed by atoms with Crippen molar-refractivity contribution in [3.63, 3.8) is 0 Å². The Morgan fingerprint density at radius 1 is 1.11 bits per heavy atom. The lowest BCUT2D eigenvalue weighted by molar-refractivity contribution is -0.146. The Bertz CT molecular complexity index is 265. The maximum atomic E-state index is 10.5. The van der Waals surface area contributed by atoms with Gasteiger partial charge in [-0.2, -0.15) is 0 Å². The molecule has 6 heteroatoms. The molecule has 1 N–H and O–H groups in total. The summed E-state index contributed by atoms with van der Waals surface area (Å²) in [5.74, 6) is -0.939. The van der Waals surface area contributed by atoms with Gasteiger partial charge in [-0.1, -0.05) is 0 Å². The molecule has 0 amide bonds. The van der Waals surface area contributed by atoms with Crippen molar-refractivity contribution in [2.45, 2.75) is 46.6 Å². The van der Waals surface area contributed by atoms with Gasteiger partial charge < -0.3 is 14.6 Å². The van der Waals surface area contributed by atoms with E-state index in [1.165, 1.54) is 6.92 Å². The second-order valence-electron chi connectivity index (χ2n) is 3.54. The fraction of sp³-hybridized carbons (Fsp3) is 0.750. The number of rotatable bonds is 6. The molecule has 0 aromatic rings. The van der Waals surface area contributed by atoms with E-state index in [1.807, 2.05) is 0 Å². The first kappa shape index (κ1) is 18.9. The van der Waals surface area contributed by atoms with Crippen LogP contribution >= 0.6 is 0 Å². The lowest BCUT2D eigenvalue weighted by Gasteiger charge is -2.01. The van der Waals surface area contributed by atoms with E-state index in [0.717, 1.165) is 0 Å². The number of aliphatic hydroxyl groups excluding tert-OH is 1. The van der Waals surface area contributed by atoms with Crippen LogP contribution < -0.4 is 0 Å². The van der Waals surface area contributed by atoms with Crippen molar-refractivity contribution < 1.29 is 30.4 Å². The maximum Gasteiger partial charge on any atom is 0.313 e. The molecule has 1 unspecified atom stereocenters. The number of hydrogen-bond donors (Lipinski definition) is 1. The molecular formula is C12H24O6. The number of ketones is 1. The Morgan fingerprint density at radius 3 is 1.89 bits per heavy atom. The van der Waals surface area contributed by atoms with Gasteiger partial charge in [-0.05, 0) is 27.7 Å². The summed E-state index contributed by atoms with van der Waals surface area (Å²) >= 11 is 0. The molecular weight excluding hydrogens is 240 g/mol. The van der Waals surface area contributed by atoms with Crippen LogP contribution in [0.15, 0.2) is 0 Å². The van der Waals surface area contributed by atoms with Crippen LogP contribution in [0.4, 0.5) is 0 Å². The number of aliphatic hydroxyl groups is 1. The van der Waals surface area contributed by atoms with Gasteiger partial charge >= 0.3 is 11.9 Å². The standard InChI is InChI=1S/C6H12O3.C6H10O3.H2/c2*1-3-9-6(8)4-5(2)7;/h5,7H,3-4H2,1-2H3;3-4H2,1-2H3;1H. The first-order chi connectivity index (χ1) is 8.33. The van der Waals surface area contributed by atoms with Gasteiger partial charge in [0.1, 0.15) is 12.2 Å². The summed E-state index contributed by atoms with van der Waals surface area (Å²) in [6, 6.07) is 0. The summed E-state index contributed by atoms with van der Waals surface area (Å²) in [6.45, 7) is 7.07. The van der Waals surface area contributed by atoms with E-state index in [1.54, 1.807) is 20.8 Å². The SMILES string of the molecule is CCOC(=O)CC(C)=O.CCOC(=O)CC(C)O.[HH]. The predicted molar refractivity (Wildman–Crippen MR) is 67.0 cm³/mol. The molecule has 0 aliphatic rings. The van der Waals surface area contributed by atoms with Gasteiger partial charge in [0.25, 0.3) is 0 Å². The highest BCUT2D eigenvalue weighted by atomic mass is 16.5. The van der Waals surface area contributed by atoms with Crippen molar-refractivity contribution in [2.24, 2.45) is 0 Å². The summed E-state index contributed by atoms with van der Waals surface area (Å²) < 4.78 is 9.05. The van der Waals surface area contributed by atoms with Crippen LogP contribution in [0.1, 0.15) is 42.0 Å². The van der Waals surface area contributed by atoms with E-state index in [4.69, 9.17) is 5.11 Å². The first-order valence-corrected chi connectivity index (χ1v) is 5.82. The van der Waals surface area contributed by atoms with Gasteiger partial charge in [-0.15, -0.1) is 0 Å². The van der Waals surface area contributed by atoms with Crippen molar-refractivity contribution in [3.8, 4) is 0 Å². The third kappa shape index (κ3) is 17.0. The quantitative estimate of drug-likeness (QED) is 0.570. The van der Waals surface area contributed by atoms with Gasteiger partial charge in [0.15, 0.2) is 0 Å². The molecule has 0 bridgehead atoms. The van der Waals surface area contributed by atoms with Crippen LogP contribution in [0.3, 0.4) is 0 Å². The van der Waals surface area contributed by atoms with Crippen LogP contribution in [0, 0.1) is 0 Å². The van der Waals surface area contributed by atoms with E-state index in [9.17, 15) is 14.4 Å². The predicted octanol–water partition coefficient (Wildman–Crippen LogP) is 1.09. The van der Waals surface area contributed by atoms with Crippen LogP contribution in [0.5, 0.6) is 0 Å². The molecule has 0 aliphatic carbocycles. The van der Waals surface area contributed by atoms with Gasteiger partial charge in [0.05, 0.1) is 25.7 Å². The Morgan fingerprint density at radius 2 is 1.56 bits per heavy atom. The third-order valence-electron chi connectivity index (χ3n) is 1.47. The molecule has 0 fully saturated rings. The van der Waals surface area contributed by atoms with Crippen molar-refractivity contribution in [1.29, 1.82) is 0 Å². The van der Waals surface area contributed by atoms with Crippen molar-refractivity contribution >= 4 is 17.7 Å². The molecule has 0 heterocycles. The highest BCUT2D eigenvalue weighted by Gasteiger charge is 2.04. The average Bonchev–Trinajstić information content (AvgIpc) is 2.16. The highest BCUT2D eigenvalue weighted by molar-refractivity contribution is 5.94. The van der Waals surface area contributed by atoms with Crippen LogP contribution in [-0.4, -0.2) is 42.1 Å². The Hall–Kier alpha value is -1.43. The molecule has 0 saturated carbocycles. The minimum atomic E-state index is -0.593. The minimum Gasteiger partial charge on any atom is -0.466 e. The lowest BCUT2D eigenvalue weighted by Crippen LogP contribution is -2.11. The van der Waals surface area contributed by atoms with E-state index >= 15 is 0 Å². The molecule has 18 heavy (non-hydrogen) atoms. The van der Waals surface area contributed by atoms with Gasteiger partial charge in [-0.3, -0.25) is 14.4 Å². The molecule has 0 aromatic carbocycles. The first-order valence-electron chi connectivity index (χ1n) is 5.82. The number of esters is 2. The lowest BCUT2D eigenvalue weighted by atomic mass is 10.3. The number of carbonyl (C=O) groups is 3. The topological polar surface area (TPSA) is 89.9 Å². The minimum absolute atomic E-state index is 0. The van der Waals surface area contributed by atoms with E-state index in [-0.39, 0.29) is 26.0 Å². The smallest absolute Gasteiger partial charge is 0.313 e. The molecule has 0 spiro atoms. The zero-order valence-electron chi connectivity index (χ0n) is 11.4. The third-order valence-corrected chi connectivity index (χ3v) is 1.47. The Labute approximate surface area is 109 Å². The zero-order chi connectivity index (χ0) is 14.6. The molecule has 108 valence electrons. The van der Waals surface area contributed by atoms with E-state index in [2.05, 4.69) is 9.47 Å². The fourth-order valence-corrected chi connectivity index (χ4v) is 0.876. The molecule has 0 radical (unpaired) electrons.